The summed E-state index contributed by atoms with van der Waals surface area (Å²) in [7, 11) is 0. The largest absolute Gasteiger partial charge is 0.312 e. The molecule has 0 spiro atoms. The maximum atomic E-state index is 4.30. The molecule has 0 aliphatic carbocycles. The number of hydrogen-bond acceptors (Lipinski definition) is 3. The van der Waals surface area contributed by atoms with Crippen LogP contribution in [0.5, 0.6) is 0 Å². The van der Waals surface area contributed by atoms with Gasteiger partial charge >= 0.3 is 0 Å². The molecule has 3 heteroatoms. The van der Waals surface area contributed by atoms with E-state index in [1.165, 1.54) is 21.9 Å². The molecule has 0 saturated carbocycles. The molecule has 0 unspecified atom stereocenters. The Hall–Kier alpha value is -2.26. The molecule has 0 radical (unpaired) electrons. The number of pyridine rings is 2. The minimum absolute atomic E-state index is 0.842. The maximum absolute atomic E-state index is 4.30. The molecule has 100 valence electrons. The molecule has 3 nitrogen and oxygen atoms in total. The zero-order chi connectivity index (χ0) is 13.6. The van der Waals surface area contributed by atoms with Crippen LogP contribution in [0.15, 0.2) is 61.2 Å². The van der Waals surface area contributed by atoms with E-state index in [-0.39, 0.29) is 0 Å². The molecule has 0 aliphatic heterocycles. The summed E-state index contributed by atoms with van der Waals surface area (Å²) < 4.78 is 0. The van der Waals surface area contributed by atoms with Crippen molar-refractivity contribution in [2.24, 2.45) is 0 Å². The van der Waals surface area contributed by atoms with Crippen molar-refractivity contribution in [2.45, 2.75) is 13.0 Å². The molecule has 1 aromatic carbocycles. The van der Waals surface area contributed by atoms with E-state index in [0.29, 0.717) is 0 Å². The van der Waals surface area contributed by atoms with Crippen LogP contribution in [-0.4, -0.2) is 16.5 Å². The highest BCUT2D eigenvalue weighted by molar-refractivity contribution is 5.84. The lowest BCUT2D eigenvalue weighted by Crippen LogP contribution is -2.17. The average Bonchev–Trinajstić information content (AvgIpc) is 2.53. The monoisotopic (exact) mass is 263 g/mol. The average molecular weight is 263 g/mol. The zero-order valence-corrected chi connectivity index (χ0v) is 11.3. The molecule has 2 aromatic heterocycles. The third-order valence-corrected chi connectivity index (χ3v) is 3.38. The Morgan fingerprint density at radius 3 is 2.75 bits per heavy atom. The number of aromatic nitrogens is 2. The number of rotatable bonds is 5. The summed E-state index contributed by atoms with van der Waals surface area (Å²) in [6.07, 6.45) is 8.57. The first-order valence-electron chi connectivity index (χ1n) is 6.85. The van der Waals surface area contributed by atoms with Gasteiger partial charge in [0.1, 0.15) is 0 Å². The normalized spacial score (nSPS) is 10.8. The molecular weight excluding hydrogens is 246 g/mol. The summed E-state index contributed by atoms with van der Waals surface area (Å²) in [5, 5.41) is 5.94. The number of hydrogen-bond donors (Lipinski definition) is 1. The van der Waals surface area contributed by atoms with E-state index in [9.17, 15) is 0 Å². The minimum atomic E-state index is 0.842. The van der Waals surface area contributed by atoms with E-state index in [0.717, 1.165) is 19.5 Å². The topological polar surface area (TPSA) is 37.8 Å². The van der Waals surface area contributed by atoms with Crippen molar-refractivity contribution >= 4 is 10.8 Å². The summed E-state index contributed by atoms with van der Waals surface area (Å²) in [5.41, 5.74) is 2.50. The summed E-state index contributed by atoms with van der Waals surface area (Å²) >= 11 is 0. The van der Waals surface area contributed by atoms with Crippen molar-refractivity contribution in [3.05, 3.63) is 72.3 Å². The van der Waals surface area contributed by atoms with Gasteiger partial charge in [0.05, 0.1) is 0 Å². The standard InChI is InChI=1S/C17H17N3/c1-2-6-17-15(5-1)11-20-13-16(17)12-19-9-7-14-4-3-8-18-10-14/h1-6,8,10-11,13,19H,7,9,12H2. The number of fused-ring (bicyclic) bond motifs is 1. The van der Waals surface area contributed by atoms with Crippen LogP contribution in [0.1, 0.15) is 11.1 Å². The first-order valence-corrected chi connectivity index (χ1v) is 6.85. The Labute approximate surface area is 118 Å². The first-order chi connectivity index (χ1) is 9.93. The zero-order valence-electron chi connectivity index (χ0n) is 11.3. The van der Waals surface area contributed by atoms with Gasteiger partial charge in [0.25, 0.3) is 0 Å². The third kappa shape index (κ3) is 3.00. The predicted octanol–water partition coefficient (Wildman–Crippen LogP) is 2.96. The Morgan fingerprint density at radius 1 is 0.900 bits per heavy atom. The molecule has 3 aromatic rings. The number of nitrogens with one attached hydrogen (secondary N) is 1. The second-order valence-corrected chi connectivity index (χ2v) is 4.81. The van der Waals surface area contributed by atoms with Crippen molar-refractivity contribution in [1.29, 1.82) is 0 Å². The second kappa shape index (κ2) is 6.26. The SMILES string of the molecule is c1cncc(CCNCc2cncc3ccccc23)c1. The van der Waals surface area contributed by atoms with Crippen LogP contribution < -0.4 is 5.32 Å². The lowest BCUT2D eigenvalue weighted by atomic mass is 10.1. The third-order valence-electron chi connectivity index (χ3n) is 3.38. The van der Waals surface area contributed by atoms with Gasteiger partial charge < -0.3 is 5.32 Å². The fraction of sp³-hybridized carbons (Fsp3) is 0.176. The van der Waals surface area contributed by atoms with E-state index in [2.05, 4.69) is 39.6 Å². The van der Waals surface area contributed by atoms with E-state index in [1.54, 1.807) is 6.20 Å². The van der Waals surface area contributed by atoms with Gasteiger partial charge in [0, 0.05) is 36.7 Å². The molecule has 3 rings (SSSR count). The Balaban J connectivity index is 1.60. The fourth-order valence-corrected chi connectivity index (χ4v) is 2.32. The van der Waals surface area contributed by atoms with Crippen LogP contribution in [0.4, 0.5) is 0 Å². The molecule has 0 amide bonds. The van der Waals surface area contributed by atoms with Gasteiger partial charge in [-0.05, 0) is 35.5 Å². The molecule has 2 heterocycles. The molecule has 0 aliphatic rings. The highest BCUT2D eigenvalue weighted by Gasteiger charge is 2.00. The van der Waals surface area contributed by atoms with Crippen LogP contribution in [0.25, 0.3) is 10.8 Å². The van der Waals surface area contributed by atoms with E-state index in [4.69, 9.17) is 0 Å². The van der Waals surface area contributed by atoms with E-state index in [1.807, 2.05) is 30.7 Å². The molecule has 0 atom stereocenters. The van der Waals surface area contributed by atoms with Crippen molar-refractivity contribution in [3.63, 3.8) is 0 Å². The minimum Gasteiger partial charge on any atom is -0.312 e. The highest BCUT2D eigenvalue weighted by Crippen LogP contribution is 2.16. The predicted molar refractivity (Wildman–Crippen MR) is 81.4 cm³/mol. The quantitative estimate of drug-likeness (QED) is 0.719. The van der Waals surface area contributed by atoms with Gasteiger partial charge in [-0.2, -0.15) is 0 Å². The maximum Gasteiger partial charge on any atom is 0.0346 e. The van der Waals surface area contributed by atoms with Crippen LogP contribution in [0, 0.1) is 0 Å². The van der Waals surface area contributed by atoms with Gasteiger partial charge in [-0.25, -0.2) is 0 Å². The van der Waals surface area contributed by atoms with Crippen molar-refractivity contribution in [3.8, 4) is 0 Å². The molecule has 1 N–H and O–H groups in total. The molecule has 0 bridgehead atoms. The van der Waals surface area contributed by atoms with Gasteiger partial charge in [0.15, 0.2) is 0 Å². The molecular formula is C17H17N3. The molecule has 0 fully saturated rings. The smallest absolute Gasteiger partial charge is 0.0346 e. The number of benzene rings is 1. The van der Waals surface area contributed by atoms with Crippen molar-refractivity contribution in [1.82, 2.24) is 15.3 Å². The summed E-state index contributed by atoms with van der Waals surface area (Å²) in [6.45, 7) is 1.78. The summed E-state index contributed by atoms with van der Waals surface area (Å²) in [4.78, 5) is 8.42. The van der Waals surface area contributed by atoms with Gasteiger partial charge in [-0.15, -0.1) is 0 Å². The van der Waals surface area contributed by atoms with Gasteiger partial charge in [0.2, 0.25) is 0 Å². The lowest BCUT2D eigenvalue weighted by Gasteiger charge is -2.07. The van der Waals surface area contributed by atoms with Crippen molar-refractivity contribution in [2.75, 3.05) is 6.54 Å². The van der Waals surface area contributed by atoms with Gasteiger partial charge in [-0.1, -0.05) is 30.3 Å². The summed E-state index contributed by atoms with van der Waals surface area (Å²) in [6, 6.07) is 12.4. The fourth-order valence-electron chi connectivity index (χ4n) is 2.32. The van der Waals surface area contributed by atoms with E-state index >= 15 is 0 Å². The van der Waals surface area contributed by atoms with E-state index < -0.39 is 0 Å². The molecule has 0 saturated heterocycles. The molecule has 20 heavy (non-hydrogen) atoms. The highest BCUT2D eigenvalue weighted by atomic mass is 14.8. The number of nitrogens with zero attached hydrogens (tertiary/aromatic N) is 2. The lowest BCUT2D eigenvalue weighted by molar-refractivity contribution is 0.687. The second-order valence-electron chi connectivity index (χ2n) is 4.81. The van der Waals surface area contributed by atoms with Crippen LogP contribution in [0.3, 0.4) is 0 Å². The Kier molecular flexibility index (Phi) is 3.99. The first kappa shape index (κ1) is 12.8. The van der Waals surface area contributed by atoms with Crippen LogP contribution in [0.2, 0.25) is 0 Å². The summed E-state index contributed by atoms with van der Waals surface area (Å²) in [5.74, 6) is 0. The van der Waals surface area contributed by atoms with Crippen LogP contribution >= 0.6 is 0 Å². The van der Waals surface area contributed by atoms with Crippen LogP contribution in [-0.2, 0) is 13.0 Å². The Morgan fingerprint density at radius 2 is 1.85 bits per heavy atom. The van der Waals surface area contributed by atoms with Gasteiger partial charge in [-0.3, -0.25) is 9.97 Å². The van der Waals surface area contributed by atoms with Crippen molar-refractivity contribution < 1.29 is 0 Å². The Bertz CT molecular complexity index is 675.